The highest BCUT2D eigenvalue weighted by Gasteiger charge is 2.33. The van der Waals surface area contributed by atoms with E-state index < -0.39 is 11.9 Å². The molecule has 0 aromatic carbocycles. The molecule has 1 rings (SSSR count). The normalized spacial score (nSPS) is 11.9. The van der Waals surface area contributed by atoms with Crippen LogP contribution < -0.4 is 0 Å². The van der Waals surface area contributed by atoms with E-state index in [0.717, 1.165) is 11.0 Å². The predicted octanol–water partition coefficient (Wildman–Crippen LogP) is 3.44. The Hall–Kier alpha value is -0.710. The van der Waals surface area contributed by atoms with Crippen molar-refractivity contribution in [2.75, 3.05) is 6.26 Å². The molecule has 0 saturated heterocycles. The zero-order valence-electron chi connectivity index (χ0n) is 8.07. The van der Waals surface area contributed by atoms with Crippen LogP contribution in [-0.2, 0) is 6.18 Å². The number of aromatic nitrogens is 1. The second kappa shape index (κ2) is 3.81. The quantitative estimate of drug-likeness (QED) is 0.674. The molecule has 0 radical (unpaired) electrons. The van der Waals surface area contributed by atoms with Gasteiger partial charge in [-0.2, -0.15) is 13.2 Å². The lowest BCUT2D eigenvalue weighted by Crippen LogP contribution is -2.10. The van der Waals surface area contributed by atoms with Gasteiger partial charge in [-0.25, -0.2) is 4.98 Å². The third kappa shape index (κ3) is 2.20. The fraction of sp³-hybridized carbons (Fsp3) is 0.444. The summed E-state index contributed by atoms with van der Waals surface area (Å²) in [4.78, 5) is 4.35. The van der Waals surface area contributed by atoms with Crippen molar-refractivity contribution < 1.29 is 13.2 Å². The Bertz CT molecular complexity index is 323. The van der Waals surface area contributed by atoms with Gasteiger partial charge in [-0.1, -0.05) is 0 Å². The Morgan fingerprint density at radius 1 is 1.29 bits per heavy atom. The summed E-state index contributed by atoms with van der Waals surface area (Å²) in [6.07, 6.45) is -2.53. The predicted molar refractivity (Wildman–Crippen MR) is 50.5 cm³/mol. The van der Waals surface area contributed by atoms with Gasteiger partial charge >= 0.3 is 6.18 Å². The molecule has 0 aliphatic heterocycles. The lowest BCUT2D eigenvalue weighted by atomic mass is 10.2. The first kappa shape index (κ1) is 11.4. The van der Waals surface area contributed by atoms with E-state index in [9.17, 15) is 13.2 Å². The van der Waals surface area contributed by atoms with Crippen molar-refractivity contribution in [2.45, 2.75) is 24.9 Å². The summed E-state index contributed by atoms with van der Waals surface area (Å²) in [5.41, 5.74) is 0.243. The van der Waals surface area contributed by atoms with Gasteiger partial charge in [0, 0.05) is 4.90 Å². The zero-order valence-corrected chi connectivity index (χ0v) is 8.88. The smallest absolute Gasteiger partial charge is 0.247 e. The summed E-state index contributed by atoms with van der Waals surface area (Å²) < 4.78 is 36.9. The maximum atomic E-state index is 12.3. The van der Waals surface area contributed by atoms with Crippen LogP contribution in [0.15, 0.2) is 11.0 Å². The van der Waals surface area contributed by atoms with Crippen LogP contribution in [0.4, 0.5) is 13.2 Å². The highest BCUT2D eigenvalue weighted by Crippen LogP contribution is 2.31. The van der Waals surface area contributed by atoms with E-state index in [1.54, 1.807) is 13.8 Å². The van der Waals surface area contributed by atoms with Crippen molar-refractivity contribution in [1.82, 2.24) is 4.98 Å². The van der Waals surface area contributed by atoms with Crippen LogP contribution in [0, 0.1) is 13.8 Å². The van der Waals surface area contributed by atoms with Gasteiger partial charge in [-0.05, 0) is 31.7 Å². The molecule has 0 aliphatic carbocycles. The standard InChI is InChI=1S/C9H10F3NS/c1-5-4-7(9(10,11)12)13-6(2)8(5)14-3/h4H,1-3H3. The van der Waals surface area contributed by atoms with Crippen molar-refractivity contribution in [3.63, 3.8) is 0 Å². The Morgan fingerprint density at radius 2 is 1.86 bits per heavy atom. The Kier molecular flexibility index (Phi) is 3.09. The number of thioether (sulfide) groups is 1. The number of hydrogen-bond acceptors (Lipinski definition) is 2. The second-order valence-electron chi connectivity index (χ2n) is 2.94. The molecule has 0 saturated carbocycles. The van der Waals surface area contributed by atoms with Gasteiger partial charge in [0.25, 0.3) is 0 Å². The van der Waals surface area contributed by atoms with E-state index in [1.165, 1.54) is 11.8 Å². The largest absolute Gasteiger partial charge is 0.433 e. The molecule has 1 nitrogen and oxygen atoms in total. The summed E-state index contributed by atoms with van der Waals surface area (Å²) in [6, 6.07) is 1.08. The number of aryl methyl sites for hydroxylation is 2. The van der Waals surface area contributed by atoms with Gasteiger partial charge in [0.2, 0.25) is 0 Å². The summed E-state index contributed by atoms with van der Waals surface area (Å²) in [5, 5.41) is 0. The number of nitrogens with zero attached hydrogens (tertiary/aromatic N) is 1. The molecule has 14 heavy (non-hydrogen) atoms. The Balaban J connectivity index is 3.28. The summed E-state index contributed by atoms with van der Waals surface area (Å²) in [5.74, 6) is 0. The molecule has 0 unspecified atom stereocenters. The van der Waals surface area contributed by atoms with E-state index in [1.807, 2.05) is 6.26 Å². The van der Waals surface area contributed by atoms with Crippen LogP contribution in [0.5, 0.6) is 0 Å². The molecule has 0 atom stereocenters. The zero-order chi connectivity index (χ0) is 10.9. The maximum Gasteiger partial charge on any atom is 0.433 e. The fourth-order valence-electron chi connectivity index (χ4n) is 1.27. The molecule has 0 fully saturated rings. The van der Waals surface area contributed by atoms with Crippen molar-refractivity contribution >= 4 is 11.8 Å². The fourth-order valence-corrected chi connectivity index (χ4v) is 2.00. The van der Waals surface area contributed by atoms with E-state index >= 15 is 0 Å². The molecule has 78 valence electrons. The van der Waals surface area contributed by atoms with E-state index in [-0.39, 0.29) is 0 Å². The van der Waals surface area contributed by atoms with Crippen molar-refractivity contribution in [1.29, 1.82) is 0 Å². The maximum absolute atomic E-state index is 12.3. The number of pyridine rings is 1. The van der Waals surface area contributed by atoms with Crippen LogP contribution in [0.1, 0.15) is 17.0 Å². The molecule has 0 bridgehead atoms. The average molecular weight is 221 g/mol. The van der Waals surface area contributed by atoms with Crippen LogP contribution in [0.3, 0.4) is 0 Å². The topological polar surface area (TPSA) is 12.9 Å². The van der Waals surface area contributed by atoms with E-state index in [2.05, 4.69) is 4.98 Å². The van der Waals surface area contributed by atoms with Gasteiger partial charge < -0.3 is 0 Å². The summed E-state index contributed by atoms with van der Waals surface area (Å²) >= 11 is 1.41. The number of rotatable bonds is 1. The van der Waals surface area contributed by atoms with E-state index in [4.69, 9.17) is 0 Å². The summed E-state index contributed by atoms with van der Waals surface area (Å²) in [7, 11) is 0. The molecule has 0 aliphatic rings. The molecule has 1 heterocycles. The molecular formula is C9H10F3NS. The SMILES string of the molecule is CSc1c(C)cc(C(F)(F)F)nc1C. The minimum atomic E-state index is -4.35. The number of halogens is 3. The third-order valence-electron chi connectivity index (χ3n) is 1.82. The van der Waals surface area contributed by atoms with Crippen molar-refractivity contribution in [3.05, 3.63) is 23.0 Å². The summed E-state index contributed by atoms with van der Waals surface area (Å²) in [6.45, 7) is 3.25. The van der Waals surface area contributed by atoms with Gasteiger partial charge in [0.15, 0.2) is 0 Å². The first-order chi connectivity index (χ1) is 6.36. The van der Waals surface area contributed by atoms with E-state index in [0.29, 0.717) is 11.3 Å². The van der Waals surface area contributed by atoms with Gasteiger partial charge in [-0.15, -0.1) is 11.8 Å². The molecule has 0 spiro atoms. The second-order valence-corrected chi connectivity index (χ2v) is 3.76. The highest BCUT2D eigenvalue weighted by atomic mass is 32.2. The van der Waals surface area contributed by atoms with Gasteiger partial charge in [-0.3, -0.25) is 0 Å². The molecule has 1 aromatic rings. The lowest BCUT2D eigenvalue weighted by molar-refractivity contribution is -0.141. The Morgan fingerprint density at radius 3 is 2.21 bits per heavy atom. The van der Waals surface area contributed by atoms with Crippen LogP contribution >= 0.6 is 11.8 Å². The average Bonchev–Trinajstić information content (AvgIpc) is 2.01. The first-order valence-electron chi connectivity index (χ1n) is 3.95. The monoisotopic (exact) mass is 221 g/mol. The van der Waals surface area contributed by atoms with Gasteiger partial charge in [0.05, 0.1) is 5.69 Å². The number of alkyl halides is 3. The molecule has 5 heteroatoms. The molecule has 1 aromatic heterocycles. The number of hydrogen-bond donors (Lipinski definition) is 0. The third-order valence-corrected chi connectivity index (χ3v) is 2.85. The minimum Gasteiger partial charge on any atom is -0.247 e. The van der Waals surface area contributed by atoms with Crippen LogP contribution in [-0.4, -0.2) is 11.2 Å². The first-order valence-corrected chi connectivity index (χ1v) is 5.18. The van der Waals surface area contributed by atoms with Crippen LogP contribution in [0.25, 0.3) is 0 Å². The molecule has 0 amide bonds. The Labute approximate surface area is 84.7 Å². The van der Waals surface area contributed by atoms with Crippen LogP contribution in [0.2, 0.25) is 0 Å². The molecule has 0 N–H and O–H groups in total. The van der Waals surface area contributed by atoms with Gasteiger partial charge in [0.1, 0.15) is 5.69 Å². The minimum absolute atomic E-state index is 0.435. The van der Waals surface area contributed by atoms with Crippen molar-refractivity contribution in [3.8, 4) is 0 Å². The van der Waals surface area contributed by atoms with Crippen molar-refractivity contribution in [2.24, 2.45) is 0 Å². The molecular weight excluding hydrogens is 211 g/mol. The highest BCUT2D eigenvalue weighted by molar-refractivity contribution is 7.98. The lowest BCUT2D eigenvalue weighted by Gasteiger charge is -2.11.